The van der Waals surface area contributed by atoms with Gasteiger partial charge >= 0.3 is 0 Å². The van der Waals surface area contributed by atoms with Gasteiger partial charge in [-0.1, -0.05) is 6.07 Å². The third kappa shape index (κ3) is 5.68. The number of pyridine rings is 1. The van der Waals surface area contributed by atoms with Crippen LogP contribution in [0.4, 0.5) is 29.0 Å². The van der Waals surface area contributed by atoms with E-state index in [-0.39, 0.29) is 12.6 Å². The number of rotatable bonds is 7. The lowest BCUT2D eigenvalue weighted by molar-refractivity contribution is 0.235. The van der Waals surface area contributed by atoms with Crippen molar-refractivity contribution in [3.8, 4) is 11.5 Å². The van der Waals surface area contributed by atoms with Gasteiger partial charge in [0, 0.05) is 55.1 Å². The standard InChI is InChI=1S/C25H27N9O/c1-17-3-2-4-21(29-17)24-27-11-9-22(32-24)31-23-10-12-28-25(33-23)30-18-5-7-20(8-6-18)34-14-13-26-19(15-34)16-35/h2-12,19,26,35H,13-16H2,1H3,(H2,27,28,30,31,32,33)/t19-/m0/s1. The molecule has 4 heterocycles. The number of hydrogen-bond donors (Lipinski definition) is 4. The monoisotopic (exact) mass is 469 g/mol. The number of hydrogen-bond acceptors (Lipinski definition) is 10. The molecule has 1 aromatic carbocycles. The maximum atomic E-state index is 9.43. The van der Waals surface area contributed by atoms with Gasteiger partial charge in [-0.25, -0.2) is 19.9 Å². The first-order valence-corrected chi connectivity index (χ1v) is 11.5. The van der Waals surface area contributed by atoms with Gasteiger partial charge in [0.05, 0.1) is 6.61 Å². The average Bonchev–Trinajstić information content (AvgIpc) is 2.89. The summed E-state index contributed by atoms with van der Waals surface area (Å²) in [4.78, 5) is 24.6. The molecule has 1 atom stereocenters. The van der Waals surface area contributed by atoms with Gasteiger partial charge in [0.2, 0.25) is 5.95 Å². The number of aryl methyl sites for hydroxylation is 1. The maximum Gasteiger partial charge on any atom is 0.229 e. The number of aromatic nitrogens is 5. The van der Waals surface area contributed by atoms with E-state index in [1.807, 2.05) is 37.3 Å². The fourth-order valence-electron chi connectivity index (χ4n) is 3.91. The number of nitrogens with zero attached hydrogens (tertiary/aromatic N) is 6. The molecule has 178 valence electrons. The topological polar surface area (TPSA) is 124 Å². The summed E-state index contributed by atoms with van der Waals surface area (Å²) in [6.45, 7) is 4.62. The Kier molecular flexibility index (Phi) is 6.73. The Hall–Kier alpha value is -4.15. The molecule has 0 unspecified atom stereocenters. The number of nitrogens with one attached hydrogen (secondary N) is 3. The van der Waals surface area contributed by atoms with Gasteiger partial charge in [-0.3, -0.25) is 0 Å². The Morgan fingerprint density at radius 1 is 0.943 bits per heavy atom. The van der Waals surface area contributed by atoms with Crippen LogP contribution in [0.25, 0.3) is 11.5 Å². The van der Waals surface area contributed by atoms with E-state index in [9.17, 15) is 5.11 Å². The van der Waals surface area contributed by atoms with Crippen molar-refractivity contribution in [2.45, 2.75) is 13.0 Å². The van der Waals surface area contributed by atoms with Gasteiger partial charge in [0.1, 0.15) is 17.3 Å². The molecule has 1 fully saturated rings. The van der Waals surface area contributed by atoms with Gasteiger partial charge in [0.25, 0.3) is 0 Å². The van der Waals surface area contributed by atoms with Crippen molar-refractivity contribution >= 4 is 29.0 Å². The summed E-state index contributed by atoms with van der Waals surface area (Å²) in [6.07, 6.45) is 3.38. The molecule has 10 heteroatoms. The van der Waals surface area contributed by atoms with Gasteiger partial charge < -0.3 is 26.0 Å². The summed E-state index contributed by atoms with van der Waals surface area (Å²) < 4.78 is 0. The Morgan fingerprint density at radius 3 is 2.54 bits per heavy atom. The lowest BCUT2D eigenvalue weighted by atomic mass is 10.2. The second kappa shape index (κ2) is 10.4. The fourth-order valence-corrected chi connectivity index (χ4v) is 3.91. The molecule has 0 bridgehead atoms. The first-order chi connectivity index (χ1) is 17.2. The maximum absolute atomic E-state index is 9.43. The van der Waals surface area contributed by atoms with E-state index in [0.717, 1.165) is 42.4 Å². The van der Waals surface area contributed by atoms with Crippen LogP contribution in [0.15, 0.2) is 67.0 Å². The number of anilines is 5. The number of aliphatic hydroxyl groups excluding tert-OH is 1. The predicted molar refractivity (Wildman–Crippen MR) is 136 cm³/mol. The molecular weight excluding hydrogens is 442 g/mol. The van der Waals surface area contributed by atoms with Crippen LogP contribution in [0, 0.1) is 6.92 Å². The zero-order valence-electron chi connectivity index (χ0n) is 19.4. The predicted octanol–water partition coefficient (Wildman–Crippen LogP) is 2.89. The molecule has 0 aliphatic carbocycles. The molecule has 0 saturated carbocycles. The molecule has 1 saturated heterocycles. The minimum atomic E-state index is 0.101. The Bertz CT molecular complexity index is 1280. The van der Waals surface area contributed by atoms with Gasteiger partial charge in [0.15, 0.2) is 5.82 Å². The average molecular weight is 470 g/mol. The molecule has 4 aromatic rings. The van der Waals surface area contributed by atoms with E-state index >= 15 is 0 Å². The molecule has 1 aliphatic rings. The van der Waals surface area contributed by atoms with Gasteiger partial charge in [-0.2, -0.15) is 4.98 Å². The first-order valence-electron chi connectivity index (χ1n) is 11.5. The van der Waals surface area contributed by atoms with Crippen molar-refractivity contribution in [1.82, 2.24) is 30.2 Å². The van der Waals surface area contributed by atoms with Crippen LogP contribution in [-0.2, 0) is 0 Å². The Balaban J connectivity index is 1.25. The van der Waals surface area contributed by atoms with Crippen LogP contribution < -0.4 is 20.9 Å². The number of benzene rings is 1. The lowest BCUT2D eigenvalue weighted by Gasteiger charge is -2.34. The molecular formula is C25H27N9O. The van der Waals surface area contributed by atoms with E-state index < -0.39 is 0 Å². The van der Waals surface area contributed by atoms with E-state index in [2.05, 4.69) is 57.9 Å². The number of aliphatic hydroxyl groups is 1. The summed E-state index contributed by atoms with van der Waals surface area (Å²) in [6, 6.07) is 17.5. The number of piperazine rings is 1. The summed E-state index contributed by atoms with van der Waals surface area (Å²) in [5.74, 6) is 2.24. The summed E-state index contributed by atoms with van der Waals surface area (Å²) in [5.41, 5.74) is 3.63. The SMILES string of the molecule is Cc1cccc(-c2nccc(Nc3ccnc(Nc4ccc(N5CCN[C@H](CO)C5)cc4)n3)n2)n1. The molecule has 1 aliphatic heterocycles. The van der Waals surface area contributed by atoms with Crippen LogP contribution >= 0.6 is 0 Å². The second-order valence-electron chi connectivity index (χ2n) is 8.27. The van der Waals surface area contributed by atoms with Crippen LogP contribution in [0.2, 0.25) is 0 Å². The van der Waals surface area contributed by atoms with E-state index in [4.69, 9.17) is 0 Å². The molecule has 0 radical (unpaired) electrons. The molecule has 10 nitrogen and oxygen atoms in total. The minimum absolute atomic E-state index is 0.101. The van der Waals surface area contributed by atoms with Crippen molar-refractivity contribution < 1.29 is 5.11 Å². The summed E-state index contributed by atoms with van der Waals surface area (Å²) >= 11 is 0. The third-order valence-corrected chi connectivity index (χ3v) is 5.65. The molecule has 5 rings (SSSR count). The van der Waals surface area contributed by atoms with E-state index in [1.165, 1.54) is 0 Å². The highest BCUT2D eigenvalue weighted by Crippen LogP contribution is 2.22. The normalized spacial score (nSPS) is 15.6. The van der Waals surface area contributed by atoms with Crippen molar-refractivity contribution in [3.63, 3.8) is 0 Å². The highest BCUT2D eigenvalue weighted by atomic mass is 16.3. The first kappa shape index (κ1) is 22.6. The van der Waals surface area contributed by atoms with Crippen molar-refractivity contribution in [1.29, 1.82) is 0 Å². The summed E-state index contributed by atoms with van der Waals surface area (Å²) in [7, 11) is 0. The largest absolute Gasteiger partial charge is 0.395 e. The van der Waals surface area contributed by atoms with Crippen molar-refractivity contribution in [3.05, 3.63) is 72.7 Å². The van der Waals surface area contributed by atoms with Crippen molar-refractivity contribution in [2.24, 2.45) is 0 Å². The van der Waals surface area contributed by atoms with Crippen LogP contribution in [0.3, 0.4) is 0 Å². The summed E-state index contributed by atoms with van der Waals surface area (Å²) in [5, 5.41) is 19.2. The zero-order valence-corrected chi connectivity index (χ0v) is 19.4. The van der Waals surface area contributed by atoms with Gasteiger partial charge in [-0.15, -0.1) is 0 Å². The molecule has 4 N–H and O–H groups in total. The fraction of sp³-hybridized carbons (Fsp3) is 0.240. The molecule has 3 aromatic heterocycles. The van der Waals surface area contributed by atoms with Crippen LogP contribution in [-0.4, -0.2) is 62.3 Å². The lowest BCUT2D eigenvalue weighted by Crippen LogP contribution is -2.52. The smallest absolute Gasteiger partial charge is 0.229 e. The van der Waals surface area contributed by atoms with Crippen molar-refractivity contribution in [2.75, 3.05) is 41.8 Å². The van der Waals surface area contributed by atoms with E-state index in [0.29, 0.717) is 23.4 Å². The Labute approximate surface area is 203 Å². The zero-order chi connectivity index (χ0) is 24.0. The van der Waals surface area contributed by atoms with Gasteiger partial charge in [-0.05, 0) is 55.5 Å². The third-order valence-electron chi connectivity index (χ3n) is 5.65. The molecule has 0 spiro atoms. The quantitative estimate of drug-likeness (QED) is 0.321. The highest BCUT2D eigenvalue weighted by molar-refractivity contribution is 5.62. The highest BCUT2D eigenvalue weighted by Gasteiger charge is 2.18. The van der Waals surface area contributed by atoms with Crippen LogP contribution in [0.1, 0.15) is 5.69 Å². The Morgan fingerprint density at radius 2 is 1.74 bits per heavy atom. The molecule has 35 heavy (non-hydrogen) atoms. The second-order valence-corrected chi connectivity index (χ2v) is 8.27. The minimum Gasteiger partial charge on any atom is -0.395 e. The molecule has 0 amide bonds. The van der Waals surface area contributed by atoms with Crippen LogP contribution in [0.5, 0.6) is 0 Å². The van der Waals surface area contributed by atoms with E-state index in [1.54, 1.807) is 24.5 Å².